The topological polar surface area (TPSA) is 95.7 Å². The van der Waals surface area contributed by atoms with Crippen molar-refractivity contribution in [2.75, 3.05) is 31.0 Å². The Balaban J connectivity index is 1.98. The summed E-state index contributed by atoms with van der Waals surface area (Å²) in [7, 11) is -4.37. The van der Waals surface area contributed by atoms with Gasteiger partial charge in [0.25, 0.3) is 0 Å². The molecule has 0 aromatic rings. The van der Waals surface area contributed by atoms with Gasteiger partial charge < -0.3 is 15.2 Å². The van der Waals surface area contributed by atoms with Crippen molar-refractivity contribution in [2.45, 2.75) is 36.3 Å². The second-order valence-electron chi connectivity index (χ2n) is 5.27. The molecule has 0 amide bonds. The monoisotopic (exact) mass is 311 g/mol. The molecule has 1 aliphatic heterocycles. The predicted molar refractivity (Wildman–Crippen MR) is 73.0 cm³/mol. The number of hydrogen-bond donors (Lipinski definition) is 1. The van der Waals surface area contributed by atoms with Gasteiger partial charge in [0.15, 0.2) is 5.79 Å². The maximum atomic E-state index is 12.3. The molecule has 3 atom stereocenters. The molecule has 1 aliphatic carbocycles. The lowest BCUT2D eigenvalue weighted by molar-refractivity contribution is -0.177. The van der Waals surface area contributed by atoms with Crippen LogP contribution in [0.4, 0.5) is 0 Å². The van der Waals surface area contributed by atoms with Crippen molar-refractivity contribution in [3.8, 4) is 0 Å². The molecule has 19 heavy (non-hydrogen) atoms. The first-order chi connectivity index (χ1) is 8.81. The molecule has 0 radical (unpaired) electrons. The van der Waals surface area contributed by atoms with Gasteiger partial charge in [-0.25, -0.2) is 8.42 Å². The van der Waals surface area contributed by atoms with Crippen molar-refractivity contribution in [3.63, 3.8) is 0 Å². The van der Waals surface area contributed by atoms with Crippen molar-refractivity contribution >= 4 is 20.6 Å². The Labute approximate surface area is 116 Å². The van der Waals surface area contributed by atoms with Gasteiger partial charge in [0.2, 0.25) is 0 Å². The van der Waals surface area contributed by atoms with E-state index in [0.717, 1.165) is 6.26 Å². The first-order valence-electron chi connectivity index (χ1n) is 6.40. The molecule has 0 aromatic heterocycles. The molecule has 1 spiro atoms. The van der Waals surface area contributed by atoms with Crippen LogP contribution >= 0.6 is 0 Å². The molecule has 6 nitrogen and oxygen atoms in total. The fourth-order valence-corrected chi connectivity index (χ4v) is 5.70. The molecule has 0 bridgehead atoms. The second kappa shape index (κ2) is 5.77. The smallest absolute Gasteiger partial charge is 0.169 e. The summed E-state index contributed by atoms with van der Waals surface area (Å²) in [6.07, 6.45) is 3.05. The third-order valence-corrected chi connectivity index (χ3v) is 6.66. The van der Waals surface area contributed by atoms with E-state index in [9.17, 15) is 12.6 Å². The molecular formula is C11H21NO5S2. The van der Waals surface area contributed by atoms with Gasteiger partial charge in [-0.05, 0) is 6.42 Å². The average molecular weight is 311 g/mol. The van der Waals surface area contributed by atoms with Gasteiger partial charge in [0.1, 0.15) is 9.84 Å². The molecule has 1 heterocycles. The summed E-state index contributed by atoms with van der Waals surface area (Å²) < 4.78 is 45.8. The van der Waals surface area contributed by atoms with Crippen LogP contribution in [0.15, 0.2) is 0 Å². The minimum Gasteiger partial charge on any atom is -0.347 e. The van der Waals surface area contributed by atoms with E-state index in [1.54, 1.807) is 0 Å². The normalized spacial score (nSPS) is 32.5. The SMILES string of the molecule is CS(=O)(=O)CCS(=O)C1CC2(CCC1N)OCCO2. The molecule has 2 fully saturated rings. The van der Waals surface area contributed by atoms with E-state index in [4.69, 9.17) is 15.2 Å². The highest BCUT2D eigenvalue weighted by atomic mass is 32.2. The molecule has 0 aromatic carbocycles. The van der Waals surface area contributed by atoms with Gasteiger partial charge in [0, 0.05) is 41.7 Å². The standard InChI is InChI=1S/C11H21NO5S2/c1-19(14,15)7-6-18(13)10-8-11(3-2-9(10)12)16-4-5-17-11/h9-10H,2-8,12H2,1H3. The Kier molecular flexibility index (Phi) is 4.67. The summed E-state index contributed by atoms with van der Waals surface area (Å²) in [5, 5.41) is -0.256. The number of rotatable bonds is 4. The van der Waals surface area contributed by atoms with Crippen LogP contribution in [0, 0.1) is 0 Å². The molecule has 1 saturated heterocycles. The van der Waals surface area contributed by atoms with Gasteiger partial charge >= 0.3 is 0 Å². The Hall–Kier alpha value is -0.0200. The number of sulfone groups is 1. The van der Waals surface area contributed by atoms with Crippen LogP contribution in [0.5, 0.6) is 0 Å². The summed E-state index contributed by atoms with van der Waals surface area (Å²) in [6, 6.07) is -0.182. The Morgan fingerprint density at radius 3 is 2.58 bits per heavy atom. The third-order valence-electron chi connectivity index (χ3n) is 3.65. The van der Waals surface area contributed by atoms with Gasteiger partial charge in [-0.3, -0.25) is 4.21 Å². The van der Waals surface area contributed by atoms with Crippen LogP contribution in [0.1, 0.15) is 19.3 Å². The number of nitrogens with two attached hydrogens (primary N) is 1. The van der Waals surface area contributed by atoms with Crippen molar-refractivity contribution < 1.29 is 22.1 Å². The van der Waals surface area contributed by atoms with Crippen molar-refractivity contribution in [3.05, 3.63) is 0 Å². The lowest BCUT2D eigenvalue weighted by Gasteiger charge is -2.39. The highest BCUT2D eigenvalue weighted by molar-refractivity contribution is 7.92. The van der Waals surface area contributed by atoms with Gasteiger partial charge in [-0.1, -0.05) is 0 Å². The van der Waals surface area contributed by atoms with Crippen LogP contribution in [-0.2, 0) is 30.1 Å². The first-order valence-corrected chi connectivity index (χ1v) is 9.84. The van der Waals surface area contributed by atoms with E-state index >= 15 is 0 Å². The summed E-state index contributed by atoms with van der Waals surface area (Å²) in [5.74, 6) is -0.577. The Morgan fingerprint density at radius 1 is 1.37 bits per heavy atom. The maximum Gasteiger partial charge on any atom is 0.169 e. The highest BCUT2D eigenvalue weighted by Crippen LogP contribution is 2.37. The fraction of sp³-hybridized carbons (Fsp3) is 1.00. The van der Waals surface area contributed by atoms with Gasteiger partial charge in [-0.15, -0.1) is 0 Å². The molecule has 3 unspecified atom stereocenters. The number of hydrogen-bond acceptors (Lipinski definition) is 6. The molecule has 2 aliphatic rings. The minimum atomic E-state index is -3.10. The van der Waals surface area contributed by atoms with Crippen LogP contribution in [0.25, 0.3) is 0 Å². The summed E-state index contributed by atoms with van der Waals surface area (Å²) in [5.41, 5.74) is 6.02. The summed E-state index contributed by atoms with van der Waals surface area (Å²) in [4.78, 5) is 0. The quantitative estimate of drug-likeness (QED) is 0.745. The molecule has 112 valence electrons. The summed E-state index contributed by atoms with van der Waals surface area (Å²) >= 11 is 0. The second-order valence-corrected chi connectivity index (χ2v) is 9.30. The van der Waals surface area contributed by atoms with Crippen LogP contribution < -0.4 is 5.73 Å². The average Bonchev–Trinajstić information content (AvgIpc) is 2.77. The predicted octanol–water partition coefficient (Wildman–Crippen LogP) is -0.597. The maximum absolute atomic E-state index is 12.3. The van der Waals surface area contributed by atoms with E-state index in [1.165, 1.54) is 0 Å². The molecule has 2 N–H and O–H groups in total. The van der Waals surface area contributed by atoms with Crippen molar-refractivity contribution in [2.24, 2.45) is 5.73 Å². The van der Waals surface area contributed by atoms with Crippen molar-refractivity contribution in [1.82, 2.24) is 0 Å². The zero-order valence-electron chi connectivity index (χ0n) is 11.0. The van der Waals surface area contributed by atoms with E-state index < -0.39 is 26.4 Å². The zero-order valence-corrected chi connectivity index (χ0v) is 12.7. The molecular weight excluding hydrogens is 290 g/mol. The van der Waals surface area contributed by atoms with E-state index in [-0.39, 0.29) is 22.8 Å². The fourth-order valence-electron chi connectivity index (χ4n) is 2.56. The first kappa shape index (κ1) is 15.4. The van der Waals surface area contributed by atoms with Crippen molar-refractivity contribution in [1.29, 1.82) is 0 Å². The van der Waals surface area contributed by atoms with E-state index in [1.807, 2.05) is 0 Å². The lowest BCUT2D eigenvalue weighted by Crippen LogP contribution is -2.51. The van der Waals surface area contributed by atoms with Crippen LogP contribution in [-0.4, -0.2) is 60.7 Å². The third kappa shape index (κ3) is 3.98. The Bertz CT molecular complexity index is 444. The summed E-state index contributed by atoms with van der Waals surface area (Å²) in [6.45, 7) is 1.11. The molecule has 2 rings (SSSR count). The van der Waals surface area contributed by atoms with Gasteiger partial charge in [0.05, 0.1) is 24.2 Å². The van der Waals surface area contributed by atoms with Crippen LogP contribution in [0.3, 0.4) is 0 Å². The minimum absolute atomic E-state index is 0.0719. The van der Waals surface area contributed by atoms with E-state index in [2.05, 4.69) is 0 Å². The lowest BCUT2D eigenvalue weighted by atomic mass is 9.90. The zero-order chi connectivity index (χ0) is 14.1. The highest BCUT2D eigenvalue weighted by Gasteiger charge is 2.46. The van der Waals surface area contributed by atoms with E-state index in [0.29, 0.717) is 32.5 Å². The Morgan fingerprint density at radius 2 is 2.00 bits per heavy atom. The molecule has 8 heteroatoms. The molecule has 1 saturated carbocycles. The number of ether oxygens (including phenoxy) is 2. The largest absolute Gasteiger partial charge is 0.347 e. The van der Waals surface area contributed by atoms with Crippen LogP contribution in [0.2, 0.25) is 0 Å². The van der Waals surface area contributed by atoms with Gasteiger partial charge in [-0.2, -0.15) is 0 Å².